The van der Waals surface area contributed by atoms with Crippen molar-refractivity contribution >= 4 is 17.3 Å². The third-order valence-electron chi connectivity index (χ3n) is 2.81. The maximum Gasteiger partial charge on any atom is 0.0727 e. The average Bonchev–Trinajstić information content (AvgIpc) is 2.30. The molecule has 17 heavy (non-hydrogen) atoms. The number of benzene rings is 1. The molecule has 0 saturated carbocycles. The van der Waals surface area contributed by atoms with Gasteiger partial charge in [-0.1, -0.05) is 17.7 Å². The molecule has 4 heteroatoms. The Morgan fingerprint density at radius 3 is 2.76 bits per heavy atom. The van der Waals surface area contributed by atoms with Crippen LogP contribution in [0.2, 0.25) is 5.02 Å². The monoisotopic (exact) mass is 256 g/mol. The quantitative estimate of drug-likeness (QED) is 0.818. The second kappa shape index (κ2) is 6.84. The first kappa shape index (κ1) is 14.3. The van der Waals surface area contributed by atoms with E-state index in [1.807, 2.05) is 44.1 Å². The largest absolute Gasteiger partial charge is 0.391 e. The van der Waals surface area contributed by atoms with E-state index in [0.29, 0.717) is 6.54 Å². The number of hydrogen-bond acceptors (Lipinski definition) is 3. The second-order valence-electron chi connectivity index (χ2n) is 4.36. The van der Waals surface area contributed by atoms with Crippen molar-refractivity contribution in [3.05, 3.63) is 28.8 Å². The Hall–Kier alpha value is -0.770. The zero-order chi connectivity index (χ0) is 12.8. The molecule has 2 N–H and O–H groups in total. The van der Waals surface area contributed by atoms with Crippen LogP contribution in [0.3, 0.4) is 0 Å². The Labute approximate surface area is 108 Å². The van der Waals surface area contributed by atoms with Crippen LogP contribution in [0.1, 0.15) is 12.0 Å². The molecule has 0 heterocycles. The summed E-state index contributed by atoms with van der Waals surface area (Å²) in [6.07, 6.45) is 0.424. The van der Waals surface area contributed by atoms with Crippen LogP contribution in [0.25, 0.3) is 0 Å². The van der Waals surface area contributed by atoms with Crippen LogP contribution in [-0.2, 0) is 0 Å². The predicted octanol–water partition coefficient (Wildman–Crippen LogP) is 2.06. The van der Waals surface area contributed by atoms with Crippen molar-refractivity contribution < 1.29 is 5.11 Å². The lowest BCUT2D eigenvalue weighted by Crippen LogP contribution is -2.31. The van der Waals surface area contributed by atoms with Crippen LogP contribution in [0, 0.1) is 6.92 Å². The van der Waals surface area contributed by atoms with E-state index in [2.05, 4.69) is 5.32 Å². The summed E-state index contributed by atoms with van der Waals surface area (Å²) in [5.41, 5.74) is 2.10. The van der Waals surface area contributed by atoms with Crippen LogP contribution < -0.4 is 10.2 Å². The topological polar surface area (TPSA) is 35.5 Å². The van der Waals surface area contributed by atoms with Crippen molar-refractivity contribution in [2.75, 3.05) is 32.1 Å². The summed E-state index contributed by atoms with van der Waals surface area (Å²) in [6, 6.07) is 5.95. The van der Waals surface area contributed by atoms with Gasteiger partial charge in [-0.25, -0.2) is 0 Å². The van der Waals surface area contributed by atoms with Gasteiger partial charge in [0, 0.05) is 24.3 Å². The number of likely N-dealkylation sites (N-methyl/N-ethyl adjacent to an activating group) is 1. The molecule has 1 unspecified atom stereocenters. The molecule has 0 aliphatic carbocycles. The molecule has 1 aromatic rings. The predicted molar refractivity (Wildman–Crippen MR) is 74.0 cm³/mol. The van der Waals surface area contributed by atoms with Crippen LogP contribution in [0.15, 0.2) is 18.2 Å². The van der Waals surface area contributed by atoms with Gasteiger partial charge in [-0.05, 0) is 44.6 Å². The van der Waals surface area contributed by atoms with Gasteiger partial charge in [0.1, 0.15) is 0 Å². The van der Waals surface area contributed by atoms with E-state index in [1.165, 1.54) is 0 Å². The molecule has 1 aromatic carbocycles. The van der Waals surface area contributed by atoms with E-state index in [1.54, 1.807) is 0 Å². The molecule has 3 nitrogen and oxygen atoms in total. The highest BCUT2D eigenvalue weighted by Gasteiger charge is 2.09. The molecule has 0 spiro atoms. The number of aryl methyl sites for hydroxylation is 1. The maximum absolute atomic E-state index is 9.82. The lowest BCUT2D eigenvalue weighted by molar-refractivity contribution is 0.171. The Morgan fingerprint density at radius 2 is 2.18 bits per heavy atom. The number of rotatable bonds is 6. The minimum atomic E-state index is -0.326. The first-order chi connectivity index (χ1) is 8.04. The minimum Gasteiger partial charge on any atom is -0.391 e. The third kappa shape index (κ3) is 4.54. The molecular formula is C13H21ClN2O. The van der Waals surface area contributed by atoms with Crippen molar-refractivity contribution in [3.63, 3.8) is 0 Å². The van der Waals surface area contributed by atoms with Crippen molar-refractivity contribution in [3.8, 4) is 0 Å². The standard InChI is InChI=1S/C13H21ClN2O/c1-10-4-5-11(8-13(10)14)16(3)9-12(17)6-7-15-2/h4-5,8,12,15,17H,6-7,9H2,1-3H3. The average molecular weight is 257 g/mol. The van der Waals surface area contributed by atoms with Gasteiger partial charge in [0.2, 0.25) is 0 Å². The van der Waals surface area contributed by atoms with Gasteiger partial charge < -0.3 is 15.3 Å². The number of aliphatic hydroxyl groups is 1. The molecule has 1 atom stereocenters. The smallest absolute Gasteiger partial charge is 0.0727 e. The number of hydrogen-bond donors (Lipinski definition) is 2. The van der Waals surface area contributed by atoms with Gasteiger partial charge in [0.25, 0.3) is 0 Å². The van der Waals surface area contributed by atoms with Gasteiger partial charge in [0.05, 0.1) is 6.10 Å². The summed E-state index contributed by atoms with van der Waals surface area (Å²) in [4.78, 5) is 2.02. The number of aliphatic hydroxyl groups excluding tert-OH is 1. The molecule has 1 rings (SSSR count). The summed E-state index contributed by atoms with van der Waals surface area (Å²) in [6.45, 7) is 3.42. The lowest BCUT2D eigenvalue weighted by atomic mass is 10.2. The van der Waals surface area contributed by atoms with Crippen molar-refractivity contribution in [1.29, 1.82) is 0 Å². The number of anilines is 1. The lowest BCUT2D eigenvalue weighted by Gasteiger charge is -2.23. The van der Waals surface area contributed by atoms with E-state index in [0.717, 1.165) is 29.2 Å². The molecule has 0 aromatic heterocycles. The molecular weight excluding hydrogens is 236 g/mol. The molecule has 0 aliphatic heterocycles. The van der Waals surface area contributed by atoms with Gasteiger partial charge in [-0.3, -0.25) is 0 Å². The molecule has 0 fully saturated rings. The van der Waals surface area contributed by atoms with E-state index >= 15 is 0 Å². The first-order valence-corrected chi connectivity index (χ1v) is 6.22. The van der Waals surface area contributed by atoms with Crippen LogP contribution in [0.5, 0.6) is 0 Å². The van der Waals surface area contributed by atoms with E-state index in [-0.39, 0.29) is 6.10 Å². The molecule has 0 saturated heterocycles. The molecule has 0 radical (unpaired) electrons. The molecule has 96 valence electrons. The highest BCUT2D eigenvalue weighted by atomic mass is 35.5. The normalized spacial score (nSPS) is 12.5. The molecule has 0 aliphatic rings. The maximum atomic E-state index is 9.82. The summed E-state index contributed by atoms with van der Waals surface area (Å²) < 4.78 is 0. The third-order valence-corrected chi connectivity index (χ3v) is 3.22. The second-order valence-corrected chi connectivity index (χ2v) is 4.77. The fraction of sp³-hybridized carbons (Fsp3) is 0.538. The van der Waals surface area contributed by atoms with Gasteiger partial charge in [-0.2, -0.15) is 0 Å². The van der Waals surface area contributed by atoms with Crippen molar-refractivity contribution in [2.45, 2.75) is 19.4 Å². The summed E-state index contributed by atoms with van der Waals surface area (Å²) in [5.74, 6) is 0. The highest BCUT2D eigenvalue weighted by Crippen LogP contribution is 2.22. The fourth-order valence-corrected chi connectivity index (χ4v) is 1.82. The Morgan fingerprint density at radius 1 is 1.47 bits per heavy atom. The minimum absolute atomic E-state index is 0.326. The first-order valence-electron chi connectivity index (χ1n) is 5.84. The Balaban J connectivity index is 2.57. The van der Waals surface area contributed by atoms with Crippen LogP contribution in [0.4, 0.5) is 5.69 Å². The number of nitrogens with one attached hydrogen (secondary N) is 1. The molecule has 0 amide bonds. The zero-order valence-electron chi connectivity index (χ0n) is 10.7. The fourth-order valence-electron chi connectivity index (χ4n) is 1.64. The van der Waals surface area contributed by atoms with Gasteiger partial charge in [0.15, 0.2) is 0 Å². The molecule has 0 bridgehead atoms. The zero-order valence-corrected chi connectivity index (χ0v) is 11.5. The van der Waals surface area contributed by atoms with E-state index < -0.39 is 0 Å². The SMILES string of the molecule is CNCCC(O)CN(C)c1ccc(C)c(Cl)c1. The summed E-state index contributed by atoms with van der Waals surface area (Å²) in [7, 11) is 3.85. The van der Waals surface area contributed by atoms with Crippen LogP contribution >= 0.6 is 11.6 Å². The summed E-state index contributed by atoms with van der Waals surface area (Å²) in [5, 5.41) is 13.6. The Bertz CT molecular complexity index is 357. The van der Waals surface area contributed by atoms with E-state index in [4.69, 9.17) is 11.6 Å². The van der Waals surface area contributed by atoms with Crippen molar-refractivity contribution in [2.24, 2.45) is 0 Å². The highest BCUT2D eigenvalue weighted by molar-refractivity contribution is 6.31. The van der Waals surface area contributed by atoms with Gasteiger partial charge >= 0.3 is 0 Å². The summed E-state index contributed by atoms with van der Waals surface area (Å²) >= 11 is 6.08. The van der Waals surface area contributed by atoms with Crippen LogP contribution in [-0.4, -0.2) is 38.4 Å². The van der Waals surface area contributed by atoms with E-state index in [9.17, 15) is 5.11 Å². The Kier molecular flexibility index (Phi) is 5.75. The van der Waals surface area contributed by atoms with Crippen molar-refractivity contribution in [1.82, 2.24) is 5.32 Å². The number of halogens is 1. The number of nitrogens with zero attached hydrogens (tertiary/aromatic N) is 1. The van der Waals surface area contributed by atoms with Gasteiger partial charge in [-0.15, -0.1) is 0 Å².